The molecule has 2 aromatic rings. The van der Waals surface area contributed by atoms with Gasteiger partial charge < -0.3 is 5.32 Å². The summed E-state index contributed by atoms with van der Waals surface area (Å²) in [6.45, 7) is 7.58. The van der Waals surface area contributed by atoms with E-state index >= 15 is 0 Å². The number of nitrogens with one attached hydrogen (secondary N) is 1. The molecular weight excluding hydrogens is 290 g/mol. The van der Waals surface area contributed by atoms with Crippen molar-refractivity contribution in [3.8, 4) is 0 Å². The third-order valence-corrected chi connectivity index (χ3v) is 3.88. The van der Waals surface area contributed by atoms with E-state index < -0.39 is 0 Å². The molecule has 7 heteroatoms. The molecule has 0 radical (unpaired) electrons. The molecule has 114 valence electrons. The maximum Gasteiger partial charge on any atom is 0.222 e. The first-order chi connectivity index (χ1) is 10.0. The van der Waals surface area contributed by atoms with Gasteiger partial charge in [-0.3, -0.25) is 14.2 Å². The second kappa shape index (κ2) is 6.76. The van der Waals surface area contributed by atoms with Crippen LogP contribution in [0, 0.1) is 13.8 Å². The summed E-state index contributed by atoms with van der Waals surface area (Å²) in [4.78, 5) is 11.8. The molecule has 0 aliphatic carbocycles. The molecule has 6 nitrogen and oxygen atoms in total. The van der Waals surface area contributed by atoms with Gasteiger partial charge in [-0.25, -0.2) is 0 Å². The van der Waals surface area contributed by atoms with E-state index in [4.69, 9.17) is 11.6 Å². The molecule has 0 atom stereocenters. The van der Waals surface area contributed by atoms with Gasteiger partial charge in [-0.2, -0.15) is 10.2 Å². The molecule has 0 saturated heterocycles. The van der Waals surface area contributed by atoms with E-state index in [0.29, 0.717) is 24.5 Å². The number of amides is 1. The SMILES string of the molecule is CCn1ccc(CNC(=O)CCn2nc(C)c(Cl)c2C)n1. The second-order valence-corrected chi connectivity index (χ2v) is 5.28. The third-order valence-electron chi connectivity index (χ3n) is 3.33. The summed E-state index contributed by atoms with van der Waals surface area (Å²) in [5.74, 6) is -0.0234. The van der Waals surface area contributed by atoms with Gasteiger partial charge in [0.15, 0.2) is 0 Å². The number of halogens is 1. The molecule has 2 rings (SSSR count). The van der Waals surface area contributed by atoms with E-state index in [1.54, 1.807) is 4.68 Å². The molecule has 0 fully saturated rings. The number of carbonyl (C=O) groups excluding carboxylic acids is 1. The van der Waals surface area contributed by atoms with E-state index in [1.165, 1.54) is 0 Å². The van der Waals surface area contributed by atoms with Crippen molar-refractivity contribution in [3.63, 3.8) is 0 Å². The van der Waals surface area contributed by atoms with Gasteiger partial charge in [-0.1, -0.05) is 11.6 Å². The van der Waals surface area contributed by atoms with E-state index in [2.05, 4.69) is 15.5 Å². The van der Waals surface area contributed by atoms with Crippen LogP contribution in [0.1, 0.15) is 30.4 Å². The normalized spacial score (nSPS) is 10.9. The van der Waals surface area contributed by atoms with Crippen molar-refractivity contribution >= 4 is 17.5 Å². The lowest BCUT2D eigenvalue weighted by Crippen LogP contribution is -2.24. The largest absolute Gasteiger partial charge is 0.350 e. The number of hydrogen-bond donors (Lipinski definition) is 1. The summed E-state index contributed by atoms with van der Waals surface area (Å²) in [5.41, 5.74) is 2.54. The fraction of sp³-hybridized carbons (Fsp3) is 0.500. The predicted octanol–water partition coefficient (Wildman–Crippen LogP) is 2.08. The topological polar surface area (TPSA) is 64.7 Å². The lowest BCUT2D eigenvalue weighted by atomic mass is 10.3. The Balaban J connectivity index is 1.80. The molecule has 0 aliphatic rings. The zero-order valence-corrected chi connectivity index (χ0v) is 13.3. The minimum Gasteiger partial charge on any atom is -0.350 e. The Labute approximate surface area is 129 Å². The van der Waals surface area contributed by atoms with Gasteiger partial charge in [0.05, 0.1) is 35.2 Å². The fourth-order valence-electron chi connectivity index (χ4n) is 2.05. The van der Waals surface area contributed by atoms with Crippen molar-refractivity contribution in [3.05, 3.63) is 34.4 Å². The molecular formula is C14H20ClN5O. The number of nitrogens with zero attached hydrogens (tertiary/aromatic N) is 4. The highest BCUT2D eigenvalue weighted by Gasteiger charge is 2.10. The molecule has 0 bridgehead atoms. The van der Waals surface area contributed by atoms with Gasteiger partial charge in [-0.15, -0.1) is 0 Å². The van der Waals surface area contributed by atoms with Crippen LogP contribution in [0.2, 0.25) is 5.02 Å². The van der Waals surface area contributed by atoms with Crippen LogP contribution in [0.15, 0.2) is 12.3 Å². The van der Waals surface area contributed by atoms with Gasteiger partial charge in [0.1, 0.15) is 0 Å². The van der Waals surface area contributed by atoms with Crippen molar-refractivity contribution < 1.29 is 4.79 Å². The van der Waals surface area contributed by atoms with Gasteiger partial charge in [0, 0.05) is 19.2 Å². The molecule has 21 heavy (non-hydrogen) atoms. The monoisotopic (exact) mass is 309 g/mol. The average Bonchev–Trinajstić information content (AvgIpc) is 3.03. The highest BCUT2D eigenvalue weighted by molar-refractivity contribution is 6.31. The molecule has 0 aliphatic heterocycles. The summed E-state index contributed by atoms with van der Waals surface area (Å²) in [5, 5.41) is 12.1. The van der Waals surface area contributed by atoms with Gasteiger partial charge in [0.2, 0.25) is 5.91 Å². The maximum atomic E-state index is 11.8. The summed E-state index contributed by atoms with van der Waals surface area (Å²) < 4.78 is 3.60. The Morgan fingerprint density at radius 3 is 2.71 bits per heavy atom. The maximum absolute atomic E-state index is 11.8. The molecule has 1 N–H and O–H groups in total. The van der Waals surface area contributed by atoms with Crippen LogP contribution in [0.4, 0.5) is 0 Å². The Morgan fingerprint density at radius 1 is 1.38 bits per heavy atom. The van der Waals surface area contributed by atoms with E-state index in [9.17, 15) is 4.79 Å². The van der Waals surface area contributed by atoms with Gasteiger partial charge in [-0.05, 0) is 26.8 Å². The zero-order chi connectivity index (χ0) is 15.4. The Kier molecular flexibility index (Phi) is 5.01. The lowest BCUT2D eigenvalue weighted by molar-refractivity contribution is -0.121. The smallest absolute Gasteiger partial charge is 0.222 e. The van der Waals surface area contributed by atoms with E-state index in [0.717, 1.165) is 23.6 Å². The molecule has 2 aromatic heterocycles. The molecule has 2 heterocycles. The summed E-state index contributed by atoms with van der Waals surface area (Å²) in [7, 11) is 0. The van der Waals surface area contributed by atoms with Crippen LogP contribution >= 0.6 is 11.6 Å². The number of rotatable bonds is 6. The van der Waals surface area contributed by atoms with Gasteiger partial charge >= 0.3 is 0 Å². The second-order valence-electron chi connectivity index (χ2n) is 4.90. The van der Waals surface area contributed by atoms with Crippen molar-refractivity contribution in [1.29, 1.82) is 0 Å². The van der Waals surface area contributed by atoms with E-state index in [1.807, 2.05) is 37.7 Å². The van der Waals surface area contributed by atoms with Crippen molar-refractivity contribution in [2.75, 3.05) is 0 Å². The standard InChI is InChI=1S/C14H20ClN5O/c1-4-19-7-5-12(18-19)9-16-13(21)6-8-20-11(3)14(15)10(2)17-20/h5,7H,4,6,8-9H2,1-3H3,(H,16,21). The Morgan fingerprint density at radius 2 is 2.14 bits per heavy atom. The summed E-state index contributed by atoms with van der Waals surface area (Å²) in [6.07, 6.45) is 2.27. The van der Waals surface area contributed by atoms with E-state index in [-0.39, 0.29) is 5.91 Å². The van der Waals surface area contributed by atoms with Crippen molar-refractivity contribution in [1.82, 2.24) is 24.9 Å². The van der Waals surface area contributed by atoms with Crippen LogP contribution in [0.25, 0.3) is 0 Å². The quantitative estimate of drug-likeness (QED) is 0.888. The Hall–Kier alpha value is -1.82. The van der Waals surface area contributed by atoms with Crippen molar-refractivity contribution in [2.45, 2.75) is 46.8 Å². The number of aryl methyl sites for hydroxylation is 3. The van der Waals surface area contributed by atoms with Crippen LogP contribution in [-0.4, -0.2) is 25.5 Å². The van der Waals surface area contributed by atoms with Crippen molar-refractivity contribution in [2.24, 2.45) is 0 Å². The Bertz CT molecular complexity index is 631. The minimum absolute atomic E-state index is 0.0234. The predicted molar refractivity (Wildman–Crippen MR) is 81.1 cm³/mol. The van der Waals surface area contributed by atoms with Gasteiger partial charge in [0.25, 0.3) is 0 Å². The molecule has 0 saturated carbocycles. The minimum atomic E-state index is -0.0234. The highest BCUT2D eigenvalue weighted by Crippen LogP contribution is 2.18. The molecule has 0 aromatic carbocycles. The number of aromatic nitrogens is 4. The van der Waals surface area contributed by atoms with Crippen LogP contribution < -0.4 is 5.32 Å². The lowest BCUT2D eigenvalue weighted by Gasteiger charge is -2.05. The highest BCUT2D eigenvalue weighted by atomic mass is 35.5. The first-order valence-corrected chi connectivity index (χ1v) is 7.37. The molecule has 1 amide bonds. The zero-order valence-electron chi connectivity index (χ0n) is 12.6. The van der Waals surface area contributed by atoms with Crippen LogP contribution in [0.5, 0.6) is 0 Å². The first kappa shape index (κ1) is 15.6. The summed E-state index contributed by atoms with van der Waals surface area (Å²) in [6, 6.07) is 1.91. The number of hydrogen-bond acceptors (Lipinski definition) is 3. The van der Waals surface area contributed by atoms with Crippen LogP contribution in [0.3, 0.4) is 0 Å². The molecule has 0 spiro atoms. The molecule has 0 unspecified atom stereocenters. The average molecular weight is 310 g/mol. The third kappa shape index (κ3) is 3.85. The number of carbonyl (C=O) groups is 1. The summed E-state index contributed by atoms with van der Waals surface area (Å²) >= 11 is 6.08. The first-order valence-electron chi connectivity index (χ1n) is 6.99. The van der Waals surface area contributed by atoms with Crippen LogP contribution in [-0.2, 0) is 24.4 Å². The fourth-order valence-corrected chi connectivity index (χ4v) is 2.19.